The molecule has 0 radical (unpaired) electrons. The fraction of sp³-hybridized carbons (Fsp3) is 0.632. The molecule has 2 heterocycles. The van der Waals surface area contributed by atoms with E-state index in [9.17, 15) is 9.00 Å². The lowest BCUT2D eigenvalue weighted by molar-refractivity contribution is -0.133. The third-order valence-electron chi connectivity index (χ3n) is 5.66. The van der Waals surface area contributed by atoms with Gasteiger partial charge in [0.1, 0.15) is 0 Å². The van der Waals surface area contributed by atoms with Gasteiger partial charge in [-0.15, -0.1) is 0 Å². The van der Waals surface area contributed by atoms with Gasteiger partial charge in [0.15, 0.2) is 0 Å². The van der Waals surface area contributed by atoms with Gasteiger partial charge in [0.05, 0.1) is 17.8 Å². The average molecular weight is 364 g/mol. The highest BCUT2D eigenvalue weighted by molar-refractivity contribution is 7.93. The number of carbonyl (C=O) groups is 1. The Bertz CT molecular complexity index is 727. The van der Waals surface area contributed by atoms with Crippen LogP contribution in [0.4, 0.5) is 5.69 Å². The third-order valence-corrected chi connectivity index (χ3v) is 8.24. The van der Waals surface area contributed by atoms with Gasteiger partial charge in [0, 0.05) is 41.3 Å². The van der Waals surface area contributed by atoms with Crippen LogP contribution in [0.25, 0.3) is 0 Å². The molecule has 0 aliphatic carbocycles. The Hall–Kier alpha value is -1.56. The summed E-state index contributed by atoms with van der Waals surface area (Å²) in [6.07, 6.45) is 3.82. The van der Waals surface area contributed by atoms with Gasteiger partial charge >= 0.3 is 0 Å². The number of anilines is 1. The van der Waals surface area contributed by atoms with Crippen LogP contribution in [0.3, 0.4) is 0 Å². The van der Waals surface area contributed by atoms with Crippen LogP contribution in [0.5, 0.6) is 0 Å². The van der Waals surface area contributed by atoms with Crippen molar-refractivity contribution in [1.29, 1.82) is 0 Å². The van der Waals surface area contributed by atoms with E-state index in [1.165, 1.54) is 0 Å². The van der Waals surface area contributed by atoms with Crippen molar-refractivity contribution in [2.75, 3.05) is 43.1 Å². The number of para-hydroxylation sites is 1. The zero-order valence-electron chi connectivity index (χ0n) is 15.3. The Morgan fingerprint density at radius 1 is 1.28 bits per heavy atom. The Morgan fingerprint density at radius 2 is 2.00 bits per heavy atom. The minimum Gasteiger partial charge on any atom is -0.362 e. The predicted molar refractivity (Wildman–Crippen MR) is 103 cm³/mol. The van der Waals surface area contributed by atoms with Crippen molar-refractivity contribution in [2.24, 2.45) is 4.36 Å². The number of carbonyl (C=O) groups excluding carboxylic acids is 1. The molecule has 1 aromatic carbocycles. The van der Waals surface area contributed by atoms with Crippen molar-refractivity contribution in [1.82, 2.24) is 4.90 Å². The maximum atomic E-state index is 13.1. The molecule has 3 rings (SSSR count). The van der Waals surface area contributed by atoms with E-state index in [0.29, 0.717) is 18.1 Å². The Balaban J connectivity index is 1.78. The maximum Gasteiger partial charge on any atom is 0.242 e. The molecule has 0 aromatic heterocycles. The van der Waals surface area contributed by atoms with Crippen molar-refractivity contribution in [3.8, 4) is 0 Å². The molecular weight excluding hydrogens is 334 g/mol. The van der Waals surface area contributed by atoms with E-state index < -0.39 is 9.73 Å². The summed E-state index contributed by atoms with van der Waals surface area (Å²) in [4.78, 5) is 17.3. The second-order valence-electron chi connectivity index (χ2n) is 7.13. The summed E-state index contributed by atoms with van der Waals surface area (Å²) in [5.41, 5.74) is 0.838. The molecule has 0 bridgehead atoms. The zero-order valence-corrected chi connectivity index (χ0v) is 16.1. The minimum atomic E-state index is -2.16. The SMILES string of the molecule is CCN(CC(=O)N1CCCC12CCCS(=O)(=NC)C2)c1ccccc1. The molecular formula is C19H29N3O2S. The standard InChI is InChI=1S/C19H29N3O2S/c1-3-21(17-9-5-4-6-10-17)15-18(23)22-13-7-11-19(22)12-8-14-25(24,16-19)20-2/h4-6,9-10H,3,7-8,11-16H2,1-2H3. The molecule has 1 aromatic rings. The summed E-state index contributed by atoms with van der Waals surface area (Å²) in [6.45, 7) is 4.03. The molecule has 2 atom stereocenters. The summed E-state index contributed by atoms with van der Waals surface area (Å²) in [5.74, 6) is 1.39. The average Bonchev–Trinajstić information content (AvgIpc) is 3.02. The number of amides is 1. The van der Waals surface area contributed by atoms with E-state index in [1.807, 2.05) is 35.2 Å². The molecule has 2 aliphatic heterocycles. The van der Waals surface area contributed by atoms with Crippen LogP contribution in [0.2, 0.25) is 0 Å². The lowest BCUT2D eigenvalue weighted by atomic mass is 9.92. The summed E-state index contributed by atoms with van der Waals surface area (Å²) in [5, 5.41) is 0. The zero-order chi connectivity index (χ0) is 17.9. The van der Waals surface area contributed by atoms with E-state index in [2.05, 4.69) is 16.2 Å². The Morgan fingerprint density at radius 3 is 2.68 bits per heavy atom. The second kappa shape index (κ2) is 7.36. The fourth-order valence-corrected chi connectivity index (χ4v) is 6.69. The highest BCUT2D eigenvalue weighted by Crippen LogP contribution is 2.39. The molecule has 2 unspecified atom stereocenters. The highest BCUT2D eigenvalue weighted by atomic mass is 32.2. The monoisotopic (exact) mass is 363 g/mol. The summed E-state index contributed by atoms with van der Waals surface area (Å²) < 4.78 is 17.1. The van der Waals surface area contributed by atoms with Crippen LogP contribution in [0.15, 0.2) is 34.7 Å². The number of hydrogen-bond donors (Lipinski definition) is 0. The molecule has 1 amide bonds. The first-order chi connectivity index (χ1) is 12.0. The third kappa shape index (κ3) is 3.68. The van der Waals surface area contributed by atoms with Gasteiger partial charge in [-0.25, -0.2) is 8.57 Å². The van der Waals surface area contributed by atoms with Crippen molar-refractivity contribution < 1.29 is 9.00 Å². The van der Waals surface area contributed by atoms with Gasteiger partial charge in [-0.05, 0) is 44.7 Å². The van der Waals surface area contributed by atoms with Gasteiger partial charge in [-0.3, -0.25) is 4.79 Å². The number of likely N-dealkylation sites (tertiary alicyclic amines) is 1. The van der Waals surface area contributed by atoms with E-state index in [-0.39, 0.29) is 11.4 Å². The van der Waals surface area contributed by atoms with Crippen molar-refractivity contribution in [3.63, 3.8) is 0 Å². The number of nitrogens with zero attached hydrogens (tertiary/aromatic N) is 3. The van der Waals surface area contributed by atoms with E-state index in [4.69, 9.17) is 0 Å². The molecule has 5 nitrogen and oxygen atoms in total. The number of benzene rings is 1. The summed E-state index contributed by atoms with van der Waals surface area (Å²) in [7, 11) is -0.492. The quantitative estimate of drug-likeness (QED) is 0.826. The molecule has 6 heteroatoms. The first-order valence-electron chi connectivity index (χ1n) is 9.23. The Kier molecular flexibility index (Phi) is 5.37. The smallest absolute Gasteiger partial charge is 0.242 e. The molecule has 0 saturated carbocycles. The second-order valence-corrected chi connectivity index (χ2v) is 9.74. The number of hydrogen-bond acceptors (Lipinski definition) is 4. The molecule has 2 saturated heterocycles. The molecule has 2 aliphatic rings. The van der Waals surface area contributed by atoms with Crippen molar-refractivity contribution >= 4 is 21.3 Å². The van der Waals surface area contributed by atoms with E-state index in [0.717, 1.165) is 44.5 Å². The van der Waals surface area contributed by atoms with Gasteiger partial charge in [-0.1, -0.05) is 18.2 Å². The lowest BCUT2D eigenvalue weighted by Gasteiger charge is -2.43. The summed E-state index contributed by atoms with van der Waals surface area (Å²) >= 11 is 0. The van der Waals surface area contributed by atoms with Crippen LogP contribution in [-0.2, 0) is 14.5 Å². The highest BCUT2D eigenvalue weighted by Gasteiger charge is 2.47. The van der Waals surface area contributed by atoms with E-state index in [1.54, 1.807) is 7.05 Å². The normalized spacial score (nSPS) is 29.0. The van der Waals surface area contributed by atoms with Crippen LogP contribution >= 0.6 is 0 Å². The van der Waals surface area contributed by atoms with Crippen LogP contribution in [-0.4, -0.2) is 58.7 Å². The first-order valence-corrected chi connectivity index (χ1v) is 11.1. The van der Waals surface area contributed by atoms with Gasteiger partial charge in [0.25, 0.3) is 0 Å². The number of likely N-dealkylation sites (N-methyl/N-ethyl adjacent to an activating group) is 1. The molecule has 138 valence electrons. The van der Waals surface area contributed by atoms with Crippen LogP contribution < -0.4 is 4.90 Å². The van der Waals surface area contributed by atoms with Gasteiger partial charge < -0.3 is 9.80 Å². The Labute approximate surface area is 151 Å². The fourth-order valence-electron chi connectivity index (χ4n) is 4.36. The van der Waals surface area contributed by atoms with Gasteiger partial charge in [-0.2, -0.15) is 0 Å². The molecule has 1 spiro atoms. The lowest BCUT2D eigenvalue weighted by Crippen LogP contribution is -2.56. The minimum absolute atomic E-state index is 0.156. The number of rotatable bonds is 4. The van der Waals surface area contributed by atoms with E-state index >= 15 is 0 Å². The maximum absolute atomic E-state index is 13.1. The summed E-state index contributed by atoms with van der Waals surface area (Å²) in [6, 6.07) is 10.1. The molecule has 2 fully saturated rings. The predicted octanol–water partition coefficient (Wildman–Crippen LogP) is 2.77. The van der Waals surface area contributed by atoms with Crippen LogP contribution in [0.1, 0.15) is 32.6 Å². The largest absolute Gasteiger partial charge is 0.362 e. The molecule has 25 heavy (non-hydrogen) atoms. The molecule has 0 N–H and O–H groups in total. The first kappa shape index (κ1) is 18.2. The van der Waals surface area contributed by atoms with Crippen molar-refractivity contribution in [2.45, 2.75) is 38.1 Å². The van der Waals surface area contributed by atoms with Crippen LogP contribution in [0, 0.1) is 0 Å². The topological polar surface area (TPSA) is 53.0 Å². The van der Waals surface area contributed by atoms with Crippen molar-refractivity contribution in [3.05, 3.63) is 30.3 Å². The van der Waals surface area contributed by atoms with Gasteiger partial charge in [0.2, 0.25) is 5.91 Å².